The molecule has 2 N–H and O–H groups in total. The second kappa shape index (κ2) is 3.72. The fraction of sp³-hybridized carbons (Fsp3) is 1.00. The van der Waals surface area contributed by atoms with Gasteiger partial charge in [-0.3, -0.25) is 0 Å². The molecule has 8 heavy (non-hydrogen) atoms. The predicted molar refractivity (Wildman–Crippen MR) is 28.5 cm³/mol. The minimum Gasteiger partial charge on any atom is -0.771 e. The highest BCUT2D eigenvalue weighted by atomic mass is 16.6. The summed E-state index contributed by atoms with van der Waals surface area (Å²) in [5.74, 6) is 0. The molecule has 0 radical (unpaired) electrons. The van der Waals surface area contributed by atoms with Crippen molar-refractivity contribution in [3.8, 4) is 0 Å². The van der Waals surface area contributed by atoms with Crippen molar-refractivity contribution in [1.82, 2.24) is 21.4 Å². The zero-order valence-electron chi connectivity index (χ0n) is 4.71. The molecule has 50 valence electrons. The van der Waals surface area contributed by atoms with Crippen molar-refractivity contribution in [2.45, 2.75) is 0 Å². The average Bonchev–Trinajstić information content (AvgIpc) is 1.61. The maximum Gasteiger partial charge on any atom is -0.0107 e. The first-order valence-electron chi connectivity index (χ1n) is 1.96. The van der Waals surface area contributed by atoms with Crippen molar-refractivity contribution >= 4 is 0 Å². The Morgan fingerprint density at radius 3 is 1.38 bits per heavy atom. The van der Waals surface area contributed by atoms with Gasteiger partial charge in [-0.2, -0.15) is 11.1 Å². The van der Waals surface area contributed by atoms with Crippen LogP contribution in [0.3, 0.4) is 0 Å². The van der Waals surface area contributed by atoms with Crippen LogP contribution in [-0.4, -0.2) is 24.4 Å². The SMILES string of the molecule is CN([O-])NNN(C)[O-]. The quantitative estimate of drug-likeness (QED) is 0.454. The Hall–Kier alpha value is -0.240. The number of hydrogen-bond donors (Lipinski definition) is 2. The Balaban J connectivity index is 2.93. The van der Waals surface area contributed by atoms with Crippen LogP contribution in [0.2, 0.25) is 0 Å². The van der Waals surface area contributed by atoms with E-state index in [1.54, 1.807) is 0 Å². The van der Waals surface area contributed by atoms with E-state index >= 15 is 0 Å². The first kappa shape index (κ1) is 7.76. The summed E-state index contributed by atoms with van der Waals surface area (Å²) in [5.41, 5.74) is 3.97. The van der Waals surface area contributed by atoms with Crippen LogP contribution < -0.4 is 11.1 Å². The molecule has 0 spiro atoms. The summed E-state index contributed by atoms with van der Waals surface area (Å²) in [6.45, 7) is 0. The van der Waals surface area contributed by atoms with Gasteiger partial charge in [-0.15, -0.1) is 0 Å². The number of hydrazine groups is 3. The maximum absolute atomic E-state index is 9.93. The van der Waals surface area contributed by atoms with Gasteiger partial charge < -0.3 is 20.8 Å². The van der Waals surface area contributed by atoms with E-state index in [1.807, 2.05) is 11.1 Å². The Kier molecular flexibility index (Phi) is 3.61. The molecule has 0 saturated heterocycles. The lowest BCUT2D eigenvalue weighted by molar-refractivity contribution is 0.158. The largest absolute Gasteiger partial charge is 0.771 e. The lowest BCUT2D eigenvalue weighted by atomic mass is 11.4. The highest BCUT2D eigenvalue weighted by molar-refractivity contribution is 4.35. The Morgan fingerprint density at radius 2 is 1.25 bits per heavy atom. The zero-order chi connectivity index (χ0) is 6.57. The van der Waals surface area contributed by atoms with Gasteiger partial charge in [-0.05, 0) is 14.1 Å². The molecule has 0 aliphatic carbocycles. The highest BCUT2D eigenvalue weighted by Crippen LogP contribution is 1.62. The standard InChI is InChI=1S/C2H8N4O2/c1-5(7)3-4-6(2)8/h3-4H,1-2H3/q-2. The second-order valence-corrected chi connectivity index (χ2v) is 1.22. The highest BCUT2D eigenvalue weighted by Gasteiger charge is 1.74. The maximum atomic E-state index is 9.93. The topological polar surface area (TPSA) is 76.7 Å². The molecule has 0 saturated carbocycles. The van der Waals surface area contributed by atoms with E-state index in [2.05, 4.69) is 0 Å². The van der Waals surface area contributed by atoms with Crippen LogP contribution in [-0.2, 0) is 0 Å². The van der Waals surface area contributed by atoms with Crippen molar-refractivity contribution in [1.29, 1.82) is 0 Å². The summed E-state index contributed by atoms with van der Waals surface area (Å²) in [7, 11) is 2.44. The van der Waals surface area contributed by atoms with Gasteiger partial charge in [0.25, 0.3) is 0 Å². The molecule has 0 aliphatic rings. The molecule has 0 atom stereocenters. The van der Waals surface area contributed by atoms with Gasteiger partial charge in [0.2, 0.25) is 0 Å². The van der Waals surface area contributed by atoms with Gasteiger partial charge in [-0.25, -0.2) is 0 Å². The minimum atomic E-state index is 0.369. The predicted octanol–water partition coefficient (Wildman–Crippen LogP) is -1.23. The summed E-state index contributed by atoms with van der Waals surface area (Å²) in [4.78, 5) is 0. The van der Waals surface area contributed by atoms with Crippen molar-refractivity contribution < 1.29 is 0 Å². The molecule has 0 fully saturated rings. The zero-order valence-corrected chi connectivity index (χ0v) is 4.71. The molecule has 0 aromatic heterocycles. The van der Waals surface area contributed by atoms with Crippen LogP contribution in [0.1, 0.15) is 0 Å². The van der Waals surface area contributed by atoms with Crippen molar-refractivity contribution in [3.05, 3.63) is 10.4 Å². The molecule has 0 aliphatic heterocycles. The second-order valence-electron chi connectivity index (χ2n) is 1.22. The summed E-state index contributed by atoms with van der Waals surface area (Å²) in [6.07, 6.45) is 0. The van der Waals surface area contributed by atoms with E-state index in [4.69, 9.17) is 0 Å². The molecular weight excluding hydrogens is 112 g/mol. The van der Waals surface area contributed by atoms with E-state index < -0.39 is 0 Å². The molecule has 0 rings (SSSR count). The summed E-state index contributed by atoms with van der Waals surface area (Å²) >= 11 is 0. The summed E-state index contributed by atoms with van der Waals surface area (Å²) in [6, 6.07) is 0. The smallest absolute Gasteiger partial charge is 0.0107 e. The number of nitrogens with zero attached hydrogens (tertiary/aromatic N) is 2. The minimum absolute atomic E-state index is 0.369. The van der Waals surface area contributed by atoms with Crippen molar-refractivity contribution in [2.24, 2.45) is 0 Å². The number of hydroxylamine groups is 2. The first-order chi connectivity index (χ1) is 3.63. The summed E-state index contributed by atoms with van der Waals surface area (Å²) < 4.78 is 0. The van der Waals surface area contributed by atoms with Crippen LogP contribution in [0.15, 0.2) is 0 Å². The average molecular weight is 120 g/mol. The van der Waals surface area contributed by atoms with E-state index in [1.165, 1.54) is 14.1 Å². The fourth-order valence-electron chi connectivity index (χ4n) is 0.141. The van der Waals surface area contributed by atoms with E-state index in [-0.39, 0.29) is 0 Å². The lowest BCUT2D eigenvalue weighted by Crippen LogP contribution is -2.47. The third kappa shape index (κ3) is 5.76. The van der Waals surface area contributed by atoms with Gasteiger partial charge >= 0.3 is 0 Å². The van der Waals surface area contributed by atoms with E-state index in [0.29, 0.717) is 10.3 Å². The Labute approximate surface area is 47.1 Å². The molecule has 6 nitrogen and oxygen atoms in total. The number of hydrogen-bond acceptors (Lipinski definition) is 6. The molecule has 6 heteroatoms. The van der Waals surface area contributed by atoms with Gasteiger partial charge in [0.15, 0.2) is 0 Å². The van der Waals surface area contributed by atoms with Crippen LogP contribution in [0, 0.1) is 10.4 Å². The number of nitrogens with one attached hydrogen (secondary N) is 2. The molecule has 0 heterocycles. The van der Waals surface area contributed by atoms with Crippen LogP contribution in [0.25, 0.3) is 0 Å². The number of rotatable bonds is 3. The van der Waals surface area contributed by atoms with Crippen LogP contribution in [0.4, 0.5) is 0 Å². The molecule has 0 bridgehead atoms. The normalized spacial score (nSPS) is 11.2. The van der Waals surface area contributed by atoms with E-state index in [0.717, 1.165) is 0 Å². The van der Waals surface area contributed by atoms with Crippen molar-refractivity contribution in [3.63, 3.8) is 0 Å². The van der Waals surface area contributed by atoms with Crippen LogP contribution >= 0.6 is 0 Å². The third-order valence-corrected chi connectivity index (χ3v) is 0.365. The molecule has 0 unspecified atom stereocenters. The molecular formula is C2H8N4O2-2. The Morgan fingerprint density at radius 1 is 1.00 bits per heavy atom. The van der Waals surface area contributed by atoms with E-state index in [9.17, 15) is 10.4 Å². The molecule has 0 aromatic carbocycles. The van der Waals surface area contributed by atoms with Crippen LogP contribution in [0.5, 0.6) is 0 Å². The first-order valence-corrected chi connectivity index (χ1v) is 1.96. The van der Waals surface area contributed by atoms with Gasteiger partial charge in [0, 0.05) is 0 Å². The lowest BCUT2D eigenvalue weighted by Gasteiger charge is -2.30. The molecule has 0 aromatic rings. The van der Waals surface area contributed by atoms with Gasteiger partial charge in [0.1, 0.15) is 0 Å². The third-order valence-electron chi connectivity index (χ3n) is 0.365. The fourth-order valence-corrected chi connectivity index (χ4v) is 0.141. The van der Waals surface area contributed by atoms with Crippen molar-refractivity contribution in [2.75, 3.05) is 14.1 Å². The Bertz CT molecular complexity index is 48.0. The molecule has 0 amide bonds. The summed E-state index contributed by atoms with van der Waals surface area (Å²) in [5, 5.41) is 20.6. The van der Waals surface area contributed by atoms with Gasteiger partial charge in [-0.1, -0.05) is 0 Å². The van der Waals surface area contributed by atoms with Gasteiger partial charge in [0.05, 0.1) is 0 Å². The monoisotopic (exact) mass is 120 g/mol.